The molecule has 1 amide bonds. The van der Waals surface area contributed by atoms with E-state index in [9.17, 15) is 4.79 Å². The summed E-state index contributed by atoms with van der Waals surface area (Å²) in [6.07, 6.45) is 6.44. The van der Waals surface area contributed by atoms with Crippen molar-refractivity contribution in [2.24, 2.45) is 5.92 Å². The van der Waals surface area contributed by atoms with Gasteiger partial charge in [-0.15, -0.1) is 12.4 Å². The summed E-state index contributed by atoms with van der Waals surface area (Å²) in [5, 5.41) is 3.27. The smallest absolute Gasteiger partial charge is 0.233 e. The van der Waals surface area contributed by atoms with Gasteiger partial charge < -0.3 is 15.0 Å². The number of benzene rings is 1. The minimum Gasteiger partial charge on any atom is -0.497 e. The zero-order valence-electron chi connectivity index (χ0n) is 15.4. The highest BCUT2D eigenvalue weighted by atomic mass is 35.5. The summed E-state index contributed by atoms with van der Waals surface area (Å²) in [5.74, 6) is 1.89. The van der Waals surface area contributed by atoms with Crippen LogP contribution >= 0.6 is 12.4 Å². The van der Waals surface area contributed by atoms with Gasteiger partial charge in [0.25, 0.3) is 0 Å². The summed E-state index contributed by atoms with van der Waals surface area (Å²) in [4.78, 5) is 15.6. The minimum absolute atomic E-state index is 0. The molecule has 25 heavy (non-hydrogen) atoms. The molecule has 4 nitrogen and oxygen atoms in total. The molecule has 1 aliphatic heterocycles. The van der Waals surface area contributed by atoms with Gasteiger partial charge in [-0.3, -0.25) is 4.79 Å². The fourth-order valence-corrected chi connectivity index (χ4v) is 4.46. The van der Waals surface area contributed by atoms with E-state index in [1.54, 1.807) is 7.11 Å². The molecular formula is C20H31ClN2O2. The molecule has 140 valence electrons. The van der Waals surface area contributed by atoms with Gasteiger partial charge in [0.05, 0.1) is 12.5 Å². The van der Waals surface area contributed by atoms with E-state index in [1.165, 1.54) is 0 Å². The van der Waals surface area contributed by atoms with Gasteiger partial charge in [0.1, 0.15) is 5.75 Å². The number of carbonyl (C=O) groups excluding carboxylic acids is 1. The molecule has 1 N–H and O–H groups in total. The second-order valence-electron chi connectivity index (χ2n) is 7.31. The van der Waals surface area contributed by atoms with Crippen molar-refractivity contribution >= 4 is 18.3 Å². The number of carbonyl (C=O) groups is 1. The number of hydrogen-bond donors (Lipinski definition) is 1. The Labute approximate surface area is 157 Å². The average Bonchev–Trinajstić information content (AvgIpc) is 3.13. The van der Waals surface area contributed by atoms with Crippen molar-refractivity contribution in [3.63, 3.8) is 0 Å². The maximum Gasteiger partial charge on any atom is 0.233 e. The van der Waals surface area contributed by atoms with Crippen molar-refractivity contribution in [3.05, 3.63) is 29.8 Å². The number of rotatable bonds is 5. The quantitative estimate of drug-likeness (QED) is 0.868. The number of piperidine rings is 1. The van der Waals surface area contributed by atoms with Crippen LogP contribution in [0.2, 0.25) is 0 Å². The molecule has 1 heterocycles. The lowest BCUT2D eigenvalue weighted by atomic mass is 9.77. The van der Waals surface area contributed by atoms with E-state index in [0.29, 0.717) is 11.8 Å². The Morgan fingerprint density at radius 1 is 1.28 bits per heavy atom. The second kappa shape index (κ2) is 8.91. The third kappa shape index (κ3) is 4.12. The van der Waals surface area contributed by atoms with Gasteiger partial charge in [0.15, 0.2) is 0 Å². The molecule has 1 aromatic rings. The zero-order chi connectivity index (χ0) is 17.0. The first kappa shape index (κ1) is 20.1. The Balaban J connectivity index is 0.00000225. The zero-order valence-corrected chi connectivity index (χ0v) is 16.2. The van der Waals surface area contributed by atoms with Crippen LogP contribution in [0.1, 0.15) is 44.1 Å². The molecule has 0 unspecified atom stereocenters. The first-order chi connectivity index (χ1) is 11.7. The Kier molecular flexibility index (Phi) is 7.14. The SMILES string of the molecule is CNCC1CCN(C(=O)C2(c3cccc(OC)c3)CCCC2)CC1.Cl. The van der Waals surface area contributed by atoms with Gasteiger partial charge in [-0.25, -0.2) is 0 Å². The van der Waals surface area contributed by atoms with Crippen LogP contribution in [0.25, 0.3) is 0 Å². The summed E-state index contributed by atoms with van der Waals surface area (Å²) in [6.45, 7) is 2.86. The van der Waals surface area contributed by atoms with Crippen LogP contribution in [0.3, 0.4) is 0 Å². The van der Waals surface area contributed by atoms with E-state index in [1.807, 2.05) is 19.2 Å². The van der Waals surface area contributed by atoms with Gasteiger partial charge in [0, 0.05) is 13.1 Å². The third-order valence-electron chi connectivity index (χ3n) is 5.88. The minimum atomic E-state index is -0.329. The van der Waals surface area contributed by atoms with E-state index < -0.39 is 0 Å². The maximum atomic E-state index is 13.5. The lowest BCUT2D eigenvalue weighted by Crippen LogP contribution is -2.49. The first-order valence-corrected chi connectivity index (χ1v) is 9.28. The number of ether oxygens (including phenoxy) is 1. The van der Waals surface area contributed by atoms with Gasteiger partial charge in [-0.05, 0) is 62.9 Å². The normalized spacial score (nSPS) is 20.2. The van der Waals surface area contributed by atoms with Crippen LogP contribution in [0.5, 0.6) is 5.75 Å². The van der Waals surface area contributed by atoms with Crippen molar-refractivity contribution < 1.29 is 9.53 Å². The molecule has 0 aromatic heterocycles. The third-order valence-corrected chi connectivity index (χ3v) is 5.88. The second-order valence-corrected chi connectivity index (χ2v) is 7.31. The summed E-state index contributed by atoms with van der Waals surface area (Å²) >= 11 is 0. The average molecular weight is 367 g/mol. The predicted octanol–water partition coefficient (Wildman–Crippen LogP) is 3.39. The van der Waals surface area contributed by atoms with Crippen LogP contribution in [0.4, 0.5) is 0 Å². The molecule has 0 atom stereocenters. The highest BCUT2D eigenvalue weighted by Gasteiger charge is 2.45. The predicted molar refractivity (Wildman–Crippen MR) is 104 cm³/mol. The first-order valence-electron chi connectivity index (χ1n) is 9.28. The summed E-state index contributed by atoms with van der Waals surface area (Å²) in [6, 6.07) is 8.15. The number of hydrogen-bond acceptors (Lipinski definition) is 3. The summed E-state index contributed by atoms with van der Waals surface area (Å²) < 4.78 is 5.39. The number of likely N-dealkylation sites (tertiary alicyclic amines) is 1. The van der Waals surface area contributed by atoms with Crippen LogP contribution < -0.4 is 10.1 Å². The molecule has 2 fully saturated rings. The van der Waals surface area contributed by atoms with Crippen LogP contribution in [-0.4, -0.2) is 44.6 Å². The topological polar surface area (TPSA) is 41.6 Å². The lowest BCUT2D eigenvalue weighted by molar-refractivity contribution is -0.138. The lowest BCUT2D eigenvalue weighted by Gasteiger charge is -2.39. The van der Waals surface area contributed by atoms with Crippen molar-refractivity contribution in [2.75, 3.05) is 33.8 Å². The van der Waals surface area contributed by atoms with E-state index >= 15 is 0 Å². The largest absolute Gasteiger partial charge is 0.497 e. The molecule has 3 rings (SSSR count). The molecule has 0 spiro atoms. The molecule has 0 bridgehead atoms. The molecule has 1 saturated heterocycles. The Morgan fingerprint density at radius 3 is 2.56 bits per heavy atom. The molecule has 0 radical (unpaired) electrons. The van der Waals surface area contributed by atoms with Crippen LogP contribution in [-0.2, 0) is 10.2 Å². The Bertz CT molecular complexity index is 565. The monoisotopic (exact) mass is 366 g/mol. The number of nitrogens with zero attached hydrogens (tertiary/aromatic N) is 1. The number of nitrogens with one attached hydrogen (secondary N) is 1. The Morgan fingerprint density at radius 2 is 1.96 bits per heavy atom. The van der Waals surface area contributed by atoms with Crippen LogP contribution in [0.15, 0.2) is 24.3 Å². The van der Waals surface area contributed by atoms with Gasteiger partial charge >= 0.3 is 0 Å². The van der Waals surface area contributed by atoms with Gasteiger partial charge in [-0.1, -0.05) is 25.0 Å². The maximum absolute atomic E-state index is 13.5. The summed E-state index contributed by atoms with van der Waals surface area (Å²) in [5.41, 5.74) is 0.811. The van der Waals surface area contributed by atoms with E-state index in [4.69, 9.17) is 4.74 Å². The van der Waals surface area contributed by atoms with E-state index in [0.717, 1.165) is 69.5 Å². The van der Waals surface area contributed by atoms with E-state index in [2.05, 4.69) is 22.3 Å². The number of halogens is 1. The molecule has 1 aromatic carbocycles. The molecule has 5 heteroatoms. The standard InChI is InChI=1S/C20H30N2O2.ClH/c1-21-15-16-8-12-22(13-9-16)19(23)20(10-3-4-11-20)17-6-5-7-18(14-17)24-2;/h5-7,14,16,21H,3-4,8-13,15H2,1-2H3;1H. The molecular weight excluding hydrogens is 336 g/mol. The van der Waals surface area contributed by atoms with Crippen molar-refractivity contribution in [3.8, 4) is 5.75 Å². The van der Waals surface area contributed by atoms with Gasteiger partial charge in [0.2, 0.25) is 5.91 Å². The fourth-order valence-electron chi connectivity index (χ4n) is 4.46. The molecule has 1 aliphatic carbocycles. The van der Waals surface area contributed by atoms with Crippen molar-refractivity contribution in [1.82, 2.24) is 10.2 Å². The van der Waals surface area contributed by atoms with E-state index in [-0.39, 0.29) is 17.8 Å². The highest BCUT2D eigenvalue weighted by Crippen LogP contribution is 2.44. The van der Waals surface area contributed by atoms with Crippen molar-refractivity contribution in [1.29, 1.82) is 0 Å². The Hall–Kier alpha value is -1.26. The molecule has 1 saturated carbocycles. The van der Waals surface area contributed by atoms with Gasteiger partial charge in [-0.2, -0.15) is 0 Å². The summed E-state index contributed by atoms with van der Waals surface area (Å²) in [7, 11) is 3.70. The van der Waals surface area contributed by atoms with Crippen LogP contribution in [0, 0.1) is 5.92 Å². The van der Waals surface area contributed by atoms with Crippen molar-refractivity contribution in [2.45, 2.75) is 43.9 Å². The number of amides is 1. The number of methoxy groups -OCH3 is 1. The highest BCUT2D eigenvalue weighted by molar-refractivity contribution is 5.89. The fraction of sp³-hybridized carbons (Fsp3) is 0.650. The molecule has 2 aliphatic rings.